The fraction of sp³-hybridized carbons (Fsp3) is 0.0667. The molecule has 2 nitrogen and oxygen atoms in total. The van der Waals surface area contributed by atoms with Crippen LogP contribution in [0.5, 0.6) is 0 Å². The molecule has 0 radical (unpaired) electrons. The van der Waals surface area contributed by atoms with Gasteiger partial charge < -0.3 is 0 Å². The second-order valence-corrected chi connectivity index (χ2v) is 6.95. The van der Waals surface area contributed by atoms with E-state index >= 15 is 0 Å². The number of benzene rings is 1. The molecule has 1 aromatic carbocycles. The van der Waals surface area contributed by atoms with Crippen molar-refractivity contribution in [1.82, 2.24) is 9.97 Å². The van der Waals surface area contributed by atoms with Crippen molar-refractivity contribution in [2.24, 2.45) is 0 Å². The minimum absolute atomic E-state index is 0.356. The van der Waals surface area contributed by atoms with Gasteiger partial charge in [0.1, 0.15) is 10.3 Å². The summed E-state index contributed by atoms with van der Waals surface area (Å²) in [4.78, 5) is 9.68. The Kier molecular flexibility index (Phi) is 4.31. The van der Waals surface area contributed by atoms with Crippen LogP contribution >= 0.6 is 50.5 Å². The number of rotatable bonds is 2. The third kappa shape index (κ3) is 2.99. The Morgan fingerprint density at radius 2 is 1.62 bits per heavy atom. The first-order valence-electron chi connectivity index (χ1n) is 6.09. The topological polar surface area (TPSA) is 25.8 Å². The summed E-state index contributed by atoms with van der Waals surface area (Å²) in [6.07, 6.45) is 0. The van der Waals surface area contributed by atoms with E-state index in [1.54, 1.807) is 0 Å². The summed E-state index contributed by atoms with van der Waals surface area (Å²) in [6.45, 7) is 2.03. The zero-order valence-corrected chi connectivity index (χ0v) is 14.8. The van der Waals surface area contributed by atoms with Gasteiger partial charge in [-0.15, -0.1) is 11.3 Å². The van der Waals surface area contributed by atoms with Gasteiger partial charge >= 0.3 is 0 Å². The average molecular weight is 400 g/mol. The van der Waals surface area contributed by atoms with Crippen molar-refractivity contribution in [2.45, 2.75) is 6.92 Å². The molecule has 0 unspecified atom stereocenters. The van der Waals surface area contributed by atoms with Gasteiger partial charge in [0.2, 0.25) is 0 Å². The van der Waals surface area contributed by atoms with Crippen LogP contribution in [0, 0.1) is 6.92 Å². The van der Waals surface area contributed by atoms with Gasteiger partial charge in [-0.3, -0.25) is 0 Å². The van der Waals surface area contributed by atoms with Crippen molar-refractivity contribution in [3.63, 3.8) is 0 Å². The van der Waals surface area contributed by atoms with Crippen molar-refractivity contribution in [2.75, 3.05) is 0 Å². The number of hydrogen-bond acceptors (Lipinski definition) is 3. The normalized spacial score (nSPS) is 10.9. The van der Waals surface area contributed by atoms with Crippen LogP contribution in [0.4, 0.5) is 0 Å². The van der Waals surface area contributed by atoms with E-state index in [-0.39, 0.29) is 0 Å². The van der Waals surface area contributed by atoms with Crippen LogP contribution < -0.4 is 0 Å². The van der Waals surface area contributed by atoms with Gasteiger partial charge in [-0.05, 0) is 39.9 Å². The lowest BCUT2D eigenvalue weighted by atomic mass is 10.1. The smallest absolute Gasteiger partial charge is 0.173 e. The highest BCUT2D eigenvalue weighted by atomic mass is 79.9. The lowest BCUT2D eigenvalue weighted by Crippen LogP contribution is -1.94. The molecule has 0 N–H and O–H groups in total. The summed E-state index contributed by atoms with van der Waals surface area (Å²) in [5, 5.41) is 2.67. The van der Waals surface area contributed by atoms with Crippen LogP contribution in [0.1, 0.15) is 5.56 Å². The molecule has 2 heterocycles. The SMILES string of the molecule is Cc1ccc(-c2c(Cl)nc(-c3sccc3Br)nc2Cl)cc1. The number of aryl methyl sites for hydroxylation is 1. The lowest BCUT2D eigenvalue weighted by molar-refractivity contribution is 1.19. The van der Waals surface area contributed by atoms with Crippen molar-refractivity contribution in [3.8, 4) is 21.8 Å². The monoisotopic (exact) mass is 398 g/mol. The predicted octanol–water partition coefficient (Wildman–Crippen LogP) is 6.25. The zero-order chi connectivity index (χ0) is 15.0. The van der Waals surface area contributed by atoms with E-state index in [4.69, 9.17) is 23.2 Å². The van der Waals surface area contributed by atoms with Crippen molar-refractivity contribution in [3.05, 3.63) is 56.1 Å². The summed E-state index contributed by atoms with van der Waals surface area (Å²) < 4.78 is 0.933. The van der Waals surface area contributed by atoms with Crippen molar-refractivity contribution >= 4 is 50.5 Å². The third-order valence-electron chi connectivity index (χ3n) is 2.98. The Hall–Kier alpha value is -0.940. The maximum Gasteiger partial charge on any atom is 0.173 e. The molecular formula is C15H9BrCl2N2S. The van der Waals surface area contributed by atoms with Gasteiger partial charge in [0, 0.05) is 4.47 Å². The maximum atomic E-state index is 6.33. The molecule has 0 atom stereocenters. The van der Waals surface area contributed by atoms with Crippen molar-refractivity contribution in [1.29, 1.82) is 0 Å². The minimum atomic E-state index is 0.356. The summed E-state index contributed by atoms with van der Waals surface area (Å²) in [7, 11) is 0. The van der Waals surface area contributed by atoms with Crippen LogP contribution in [0.15, 0.2) is 40.2 Å². The Morgan fingerprint density at radius 1 is 1.00 bits per heavy atom. The van der Waals surface area contributed by atoms with Crippen LogP contribution in [0.3, 0.4) is 0 Å². The molecule has 6 heteroatoms. The number of thiophene rings is 1. The Labute approximate surface area is 144 Å². The second-order valence-electron chi connectivity index (χ2n) is 4.47. The van der Waals surface area contributed by atoms with E-state index in [1.807, 2.05) is 42.6 Å². The van der Waals surface area contributed by atoms with E-state index in [0.717, 1.165) is 14.9 Å². The van der Waals surface area contributed by atoms with Gasteiger partial charge in [-0.1, -0.05) is 53.0 Å². The predicted molar refractivity (Wildman–Crippen MR) is 93.2 cm³/mol. The molecule has 0 saturated carbocycles. The highest BCUT2D eigenvalue weighted by molar-refractivity contribution is 9.10. The minimum Gasteiger partial charge on any atom is -0.215 e. The van der Waals surface area contributed by atoms with Crippen LogP contribution in [-0.2, 0) is 0 Å². The molecule has 0 saturated heterocycles. The summed E-state index contributed by atoms with van der Waals surface area (Å²) >= 11 is 17.7. The fourth-order valence-electron chi connectivity index (χ4n) is 1.92. The molecule has 0 spiro atoms. The Balaban J connectivity index is 2.13. The molecule has 0 fully saturated rings. The second kappa shape index (κ2) is 6.05. The van der Waals surface area contributed by atoms with Crippen LogP contribution in [0.2, 0.25) is 10.3 Å². The van der Waals surface area contributed by atoms with Gasteiger partial charge in [0.05, 0.1) is 10.4 Å². The van der Waals surface area contributed by atoms with Crippen molar-refractivity contribution < 1.29 is 0 Å². The summed E-state index contributed by atoms with van der Waals surface area (Å²) in [6, 6.07) is 9.88. The number of nitrogens with zero attached hydrogens (tertiary/aromatic N) is 2. The molecule has 0 amide bonds. The molecule has 0 aliphatic rings. The molecule has 21 heavy (non-hydrogen) atoms. The maximum absolute atomic E-state index is 6.33. The van der Waals surface area contributed by atoms with Gasteiger partial charge in [0.25, 0.3) is 0 Å². The first kappa shape index (κ1) is 15.0. The standard InChI is InChI=1S/C15H9BrCl2N2S/c1-8-2-4-9(5-3-8)11-13(17)19-15(20-14(11)18)12-10(16)6-7-21-12/h2-7H,1H3. The zero-order valence-electron chi connectivity index (χ0n) is 10.9. The first-order chi connectivity index (χ1) is 10.1. The molecular weight excluding hydrogens is 391 g/mol. The fourth-order valence-corrected chi connectivity index (χ4v) is 4.01. The lowest BCUT2D eigenvalue weighted by Gasteiger charge is -2.08. The summed E-state index contributed by atoms with van der Waals surface area (Å²) in [5.74, 6) is 0.530. The molecule has 106 valence electrons. The molecule has 3 aromatic rings. The average Bonchev–Trinajstić information content (AvgIpc) is 2.86. The molecule has 2 aromatic heterocycles. The van der Waals surface area contributed by atoms with E-state index < -0.39 is 0 Å². The summed E-state index contributed by atoms with van der Waals surface area (Å²) in [5.41, 5.74) is 2.74. The van der Waals surface area contributed by atoms with Crippen LogP contribution in [-0.4, -0.2) is 9.97 Å². The largest absolute Gasteiger partial charge is 0.215 e. The highest BCUT2D eigenvalue weighted by Crippen LogP contribution is 2.37. The number of hydrogen-bond donors (Lipinski definition) is 0. The Bertz CT molecular complexity index is 777. The molecule has 0 aliphatic heterocycles. The van der Waals surface area contributed by atoms with E-state index in [2.05, 4.69) is 25.9 Å². The first-order valence-corrected chi connectivity index (χ1v) is 8.52. The van der Waals surface area contributed by atoms with E-state index in [0.29, 0.717) is 21.7 Å². The highest BCUT2D eigenvalue weighted by Gasteiger charge is 2.16. The van der Waals surface area contributed by atoms with Crippen LogP contribution in [0.25, 0.3) is 21.8 Å². The van der Waals surface area contributed by atoms with E-state index in [9.17, 15) is 0 Å². The quantitative estimate of drug-likeness (QED) is 0.476. The molecule has 3 rings (SSSR count). The number of aromatic nitrogens is 2. The molecule has 0 aliphatic carbocycles. The number of halogens is 3. The molecule has 0 bridgehead atoms. The van der Waals surface area contributed by atoms with Gasteiger partial charge in [0.15, 0.2) is 5.82 Å². The van der Waals surface area contributed by atoms with Gasteiger partial charge in [-0.2, -0.15) is 0 Å². The Morgan fingerprint density at radius 3 is 2.14 bits per heavy atom. The van der Waals surface area contributed by atoms with E-state index in [1.165, 1.54) is 16.9 Å². The van der Waals surface area contributed by atoms with Gasteiger partial charge in [-0.25, -0.2) is 9.97 Å². The third-order valence-corrected chi connectivity index (χ3v) is 5.36.